The van der Waals surface area contributed by atoms with E-state index in [0.29, 0.717) is 6.54 Å². The van der Waals surface area contributed by atoms with Crippen LogP contribution in [0.1, 0.15) is 19.3 Å². The third-order valence-corrected chi connectivity index (χ3v) is 1.23. The number of carbonyl (C=O) groups excluding carboxylic acids is 1. The van der Waals surface area contributed by atoms with Gasteiger partial charge in [-0.2, -0.15) is 0 Å². The van der Waals surface area contributed by atoms with Crippen molar-refractivity contribution in [3.05, 3.63) is 0 Å². The fourth-order valence-corrected chi connectivity index (χ4v) is 0.690. The third kappa shape index (κ3) is 7.23. The first-order chi connectivity index (χ1) is 4.77. The molecule has 4 heteroatoms. The van der Waals surface area contributed by atoms with Gasteiger partial charge in [0.1, 0.15) is 0 Å². The minimum atomic E-state index is -0.436. The van der Waals surface area contributed by atoms with Crippen LogP contribution in [0.3, 0.4) is 0 Å². The maximum atomic E-state index is 10.1. The van der Waals surface area contributed by atoms with Crippen molar-refractivity contribution < 1.29 is 10.5 Å². The Morgan fingerprint density at radius 1 is 1.40 bits per heavy atom. The number of carbonyl (C=O) groups is 1. The fraction of sp³-hybridized carbons (Fsp3) is 0.833. The first-order valence-electron chi connectivity index (χ1n) is 3.60. The van der Waals surface area contributed by atoms with Crippen LogP contribution in [0.25, 0.3) is 0 Å². The molecule has 0 spiro atoms. The lowest BCUT2D eigenvalue weighted by molar-refractivity contribution is -0.368. The average molecular weight is 146 g/mol. The van der Waals surface area contributed by atoms with Crippen LogP contribution >= 0.6 is 0 Å². The highest BCUT2D eigenvalue weighted by Crippen LogP contribution is 1.89. The van der Waals surface area contributed by atoms with Crippen molar-refractivity contribution >= 4 is 6.03 Å². The minimum absolute atomic E-state index is 0.436. The highest BCUT2D eigenvalue weighted by atomic mass is 16.2. The summed E-state index contributed by atoms with van der Waals surface area (Å²) in [6.07, 6.45) is 3.24. The van der Waals surface area contributed by atoms with E-state index in [-0.39, 0.29) is 0 Å². The number of urea groups is 1. The summed E-state index contributed by atoms with van der Waals surface area (Å²) >= 11 is 0. The molecule has 0 aliphatic rings. The van der Waals surface area contributed by atoms with Crippen molar-refractivity contribution in [2.45, 2.75) is 19.3 Å². The zero-order chi connectivity index (χ0) is 7.82. The zero-order valence-corrected chi connectivity index (χ0v) is 6.23. The van der Waals surface area contributed by atoms with Gasteiger partial charge in [-0.3, -0.25) is 0 Å². The first-order valence-corrected chi connectivity index (χ1v) is 3.60. The zero-order valence-electron chi connectivity index (χ0n) is 6.23. The molecule has 0 bridgehead atoms. The van der Waals surface area contributed by atoms with E-state index in [2.05, 4.69) is 11.1 Å². The summed E-state index contributed by atoms with van der Waals surface area (Å²) in [7, 11) is 0. The summed E-state index contributed by atoms with van der Waals surface area (Å²) in [5, 5.41) is 2.52. The predicted molar refractivity (Wildman–Crippen MR) is 39.2 cm³/mol. The van der Waals surface area contributed by atoms with Gasteiger partial charge in [0.05, 0.1) is 6.54 Å². The number of unbranched alkanes of at least 4 members (excludes halogenated alkanes) is 2. The van der Waals surface area contributed by atoms with Crippen molar-refractivity contribution in [1.29, 1.82) is 0 Å². The highest BCUT2D eigenvalue weighted by Gasteiger charge is 1.90. The normalized spacial score (nSPS) is 9.30. The number of amides is 2. The molecular formula is C6H16N3O+. The monoisotopic (exact) mass is 146 g/mol. The van der Waals surface area contributed by atoms with E-state index in [1.165, 1.54) is 0 Å². The lowest BCUT2D eigenvalue weighted by Gasteiger charge is -1.98. The lowest BCUT2D eigenvalue weighted by Crippen LogP contribution is -2.50. The molecule has 4 nitrogen and oxygen atoms in total. The molecule has 0 rings (SSSR count). The minimum Gasteiger partial charge on any atom is -0.358 e. The Morgan fingerprint density at radius 3 is 2.60 bits per heavy atom. The smallest absolute Gasteiger partial charge is 0.312 e. The molecule has 0 saturated carbocycles. The Bertz CT molecular complexity index is 95.0. The molecule has 2 amide bonds. The van der Waals surface area contributed by atoms with Crippen molar-refractivity contribution in [2.24, 2.45) is 5.73 Å². The van der Waals surface area contributed by atoms with Crippen LogP contribution in [-0.2, 0) is 0 Å². The number of rotatable bonds is 5. The summed E-state index contributed by atoms with van der Waals surface area (Å²) in [5.74, 6) is 0. The molecular weight excluding hydrogens is 130 g/mol. The number of hydrogen-bond acceptors (Lipinski definition) is 1. The largest absolute Gasteiger partial charge is 0.358 e. The van der Waals surface area contributed by atoms with Crippen molar-refractivity contribution in [3.8, 4) is 0 Å². The predicted octanol–water partition coefficient (Wildman–Crippen LogP) is -0.933. The van der Waals surface area contributed by atoms with Crippen molar-refractivity contribution in [1.82, 2.24) is 5.32 Å². The summed E-state index contributed by atoms with van der Waals surface area (Å²) < 4.78 is 0. The topological polar surface area (TPSA) is 82.8 Å². The van der Waals surface area contributed by atoms with Crippen LogP contribution in [-0.4, -0.2) is 19.1 Å². The molecule has 0 aromatic rings. The van der Waals surface area contributed by atoms with Gasteiger partial charge in [0.15, 0.2) is 0 Å². The second-order valence-electron chi connectivity index (χ2n) is 2.21. The van der Waals surface area contributed by atoms with Crippen LogP contribution in [0.4, 0.5) is 4.79 Å². The number of hydrogen-bond donors (Lipinski definition) is 3. The second kappa shape index (κ2) is 6.35. The Hall–Kier alpha value is -0.770. The molecule has 0 saturated heterocycles. The average Bonchev–Trinajstić information content (AvgIpc) is 1.87. The van der Waals surface area contributed by atoms with Gasteiger partial charge in [-0.1, -0.05) is 0 Å². The van der Waals surface area contributed by atoms with E-state index in [1.54, 1.807) is 0 Å². The second-order valence-corrected chi connectivity index (χ2v) is 2.21. The van der Waals surface area contributed by atoms with E-state index in [0.717, 1.165) is 25.8 Å². The number of nitrogens with one attached hydrogen (secondary N) is 1. The molecule has 0 aromatic carbocycles. The van der Waals surface area contributed by atoms with Gasteiger partial charge in [-0.25, -0.2) is 4.79 Å². The summed E-state index contributed by atoms with van der Waals surface area (Å²) in [4.78, 5) is 10.1. The number of nitrogens with two attached hydrogens (primary N) is 1. The van der Waals surface area contributed by atoms with Crippen molar-refractivity contribution in [2.75, 3.05) is 13.1 Å². The molecule has 0 unspecified atom stereocenters. The molecule has 0 aliphatic carbocycles. The van der Waals surface area contributed by atoms with Gasteiger partial charge in [0, 0.05) is 6.54 Å². The molecule has 0 atom stereocenters. The van der Waals surface area contributed by atoms with E-state index >= 15 is 0 Å². The Labute approximate surface area is 61.0 Å². The standard InChI is InChI=1S/C6H15N3O/c7-4-2-1-3-5-9-6(8)10/h1-5,7H2,(H3,8,9,10)/p+1. The lowest BCUT2D eigenvalue weighted by atomic mass is 10.2. The summed E-state index contributed by atoms with van der Waals surface area (Å²) in [6.45, 7) is 1.66. The third-order valence-electron chi connectivity index (χ3n) is 1.23. The van der Waals surface area contributed by atoms with Crippen LogP contribution in [0, 0.1) is 0 Å². The number of primary amides is 1. The van der Waals surface area contributed by atoms with E-state index in [9.17, 15) is 4.79 Å². The maximum Gasteiger partial charge on any atom is 0.312 e. The van der Waals surface area contributed by atoms with Gasteiger partial charge >= 0.3 is 6.03 Å². The van der Waals surface area contributed by atoms with E-state index in [4.69, 9.17) is 5.73 Å². The molecule has 0 aliphatic heterocycles. The van der Waals surface area contributed by atoms with Crippen LogP contribution in [0.15, 0.2) is 0 Å². The highest BCUT2D eigenvalue weighted by molar-refractivity contribution is 5.71. The fourth-order valence-electron chi connectivity index (χ4n) is 0.690. The van der Waals surface area contributed by atoms with Gasteiger partial charge in [0.2, 0.25) is 0 Å². The SMILES string of the molecule is NC(=O)NCCCCC[NH3+]. The Morgan fingerprint density at radius 2 is 2.10 bits per heavy atom. The van der Waals surface area contributed by atoms with Gasteiger partial charge in [-0.05, 0) is 19.3 Å². The summed E-state index contributed by atoms with van der Waals surface area (Å²) in [6, 6.07) is -0.436. The summed E-state index contributed by atoms with van der Waals surface area (Å²) in [5.41, 5.74) is 8.55. The van der Waals surface area contributed by atoms with Crippen molar-refractivity contribution in [3.63, 3.8) is 0 Å². The number of quaternary nitrogens is 1. The molecule has 0 aromatic heterocycles. The van der Waals surface area contributed by atoms with Gasteiger partial charge < -0.3 is 16.8 Å². The van der Waals surface area contributed by atoms with Gasteiger partial charge in [0.25, 0.3) is 0 Å². The first kappa shape index (κ1) is 9.23. The van der Waals surface area contributed by atoms with Gasteiger partial charge in [-0.15, -0.1) is 0 Å². The molecule has 60 valence electrons. The Balaban J connectivity index is 2.84. The Kier molecular flexibility index (Phi) is 5.86. The van der Waals surface area contributed by atoms with E-state index in [1.807, 2.05) is 0 Å². The molecule has 6 N–H and O–H groups in total. The maximum absolute atomic E-state index is 10.1. The molecule has 0 radical (unpaired) electrons. The van der Waals surface area contributed by atoms with Crippen LogP contribution < -0.4 is 16.8 Å². The molecule has 0 heterocycles. The van der Waals surface area contributed by atoms with E-state index < -0.39 is 6.03 Å². The van der Waals surface area contributed by atoms with Crippen LogP contribution in [0.5, 0.6) is 0 Å². The quantitative estimate of drug-likeness (QED) is 0.430. The molecule has 0 fully saturated rings. The molecule has 10 heavy (non-hydrogen) atoms. The van der Waals surface area contributed by atoms with Crippen LogP contribution in [0.2, 0.25) is 0 Å².